The summed E-state index contributed by atoms with van der Waals surface area (Å²) in [5.74, 6) is 1.89. The van der Waals surface area contributed by atoms with Gasteiger partial charge < -0.3 is 15.2 Å². The molecule has 2 aromatic rings. The summed E-state index contributed by atoms with van der Waals surface area (Å²) in [6.07, 6.45) is 0.876. The lowest BCUT2D eigenvalue weighted by Gasteiger charge is -2.10. The van der Waals surface area contributed by atoms with Gasteiger partial charge in [0.15, 0.2) is 11.7 Å². The molecule has 0 radical (unpaired) electrons. The molecule has 0 saturated carbocycles. The number of halogens is 2. The first-order valence-corrected chi connectivity index (χ1v) is 8.10. The van der Waals surface area contributed by atoms with E-state index in [1.54, 1.807) is 7.05 Å². The van der Waals surface area contributed by atoms with Gasteiger partial charge in [0, 0.05) is 24.7 Å². The Balaban J connectivity index is 0.00000288. The summed E-state index contributed by atoms with van der Waals surface area (Å²) < 4.78 is 5.30. The molecule has 0 amide bonds. The van der Waals surface area contributed by atoms with Gasteiger partial charge in [-0.25, -0.2) is 0 Å². The zero-order valence-electron chi connectivity index (χ0n) is 14.2. The van der Waals surface area contributed by atoms with E-state index in [2.05, 4.69) is 40.7 Å². The molecule has 0 aliphatic rings. The Morgan fingerprint density at radius 2 is 2.08 bits per heavy atom. The van der Waals surface area contributed by atoms with Crippen LogP contribution in [0.2, 0.25) is 5.02 Å². The van der Waals surface area contributed by atoms with Gasteiger partial charge in [-0.2, -0.15) is 0 Å². The highest BCUT2D eigenvalue weighted by molar-refractivity contribution is 14.0. The van der Waals surface area contributed by atoms with Crippen LogP contribution in [0.15, 0.2) is 39.8 Å². The van der Waals surface area contributed by atoms with Gasteiger partial charge in [0.25, 0.3) is 0 Å². The summed E-state index contributed by atoms with van der Waals surface area (Å²) in [7, 11) is 1.74. The Morgan fingerprint density at radius 3 is 2.71 bits per heavy atom. The first-order chi connectivity index (χ1) is 11.1. The minimum atomic E-state index is 0. The number of hydrogen-bond acceptors (Lipinski definition) is 3. The van der Waals surface area contributed by atoms with Crippen molar-refractivity contribution in [2.45, 2.75) is 32.7 Å². The van der Waals surface area contributed by atoms with E-state index in [0.29, 0.717) is 12.5 Å². The van der Waals surface area contributed by atoms with Crippen molar-refractivity contribution >= 4 is 41.5 Å². The van der Waals surface area contributed by atoms with Crippen LogP contribution in [0.3, 0.4) is 0 Å². The molecular formula is C17H24ClIN4O. The molecular weight excluding hydrogens is 439 g/mol. The van der Waals surface area contributed by atoms with Gasteiger partial charge in [0.2, 0.25) is 0 Å². The molecule has 7 heteroatoms. The number of aromatic nitrogens is 1. The van der Waals surface area contributed by atoms with Crippen LogP contribution in [0.1, 0.15) is 36.8 Å². The molecule has 1 aromatic heterocycles. The van der Waals surface area contributed by atoms with E-state index in [4.69, 9.17) is 16.1 Å². The highest BCUT2D eigenvalue weighted by Crippen LogP contribution is 2.13. The fourth-order valence-electron chi connectivity index (χ4n) is 2.09. The van der Waals surface area contributed by atoms with Crippen LogP contribution in [-0.2, 0) is 13.0 Å². The molecule has 0 aliphatic carbocycles. The standard InChI is InChI=1S/C17H23ClN4O.HI/c1-12(2)16-10-15(23-22-16)11-21-17(19-3)20-8-7-13-5-4-6-14(18)9-13;/h4-6,9-10,12H,7-8,11H2,1-3H3,(H2,19,20,21);1H. The highest BCUT2D eigenvalue weighted by atomic mass is 127. The second-order valence-corrected chi connectivity index (χ2v) is 6.04. The molecule has 132 valence electrons. The molecule has 24 heavy (non-hydrogen) atoms. The predicted molar refractivity (Wildman–Crippen MR) is 109 cm³/mol. The van der Waals surface area contributed by atoms with Gasteiger partial charge in [-0.3, -0.25) is 4.99 Å². The van der Waals surface area contributed by atoms with Crippen LogP contribution in [0.25, 0.3) is 0 Å². The second kappa shape index (κ2) is 10.6. The Kier molecular flexibility index (Phi) is 9.13. The normalized spacial score (nSPS) is 11.3. The fraction of sp³-hybridized carbons (Fsp3) is 0.412. The van der Waals surface area contributed by atoms with Crippen molar-refractivity contribution in [3.05, 3.63) is 52.4 Å². The molecule has 2 rings (SSSR count). The van der Waals surface area contributed by atoms with Gasteiger partial charge in [0.05, 0.1) is 12.2 Å². The lowest BCUT2D eigenvalue weighted by molar-refractivity contribution is 0.372. The summed E-state index contributed by atoms with van der Waals surface area (Å²) >= 11 is 5.98. The molecule has 5 nitrogen and oxygen atoms in total. The second-order valence-electron chi connectivity index (χ2n) is 5.61. The van der Waals surface area contributed by atoms with E-state index in [0.717, 1.165) is 35.4 Å². The first-order valence-electron chi connectivity index (χ1n) is 7.73. The molecule has 0 unspecified atom stereocenters. The number of rotatable bonds is 6. The minimum absolute atomic E-state index is 0. The monoisotopic (exact) mass is 462 g/mol. The van der Waals surface area contributed by atoms with Crippen molar-refractivity contribution in [1.29, 1.82) is 0 Å². The maximum Gasteiger partial charge on any atom is 0.191 e. The zero-order chi connectivity index (χ0) is 16.7. The fourth-order valence-corrected chi connectivity index (χ4v) is 2.31. The predicted octanol–water partition coefficient (Wildman–Crippen LogP) is 3.98. The Morgan fingerprint density at radius 1 is 1.29 bits per heavy atom. The number of guanidine groups is 1. The smallest absolute Gasteiger partial charge is 0.191 e. The molecule has 2 N–H and O–H groups in total. The van der Waals surface area contributed by atoms with Gasteiger partial charge in [-0.05, 0) is 30.0 Å². The molecule has 1 aromatic carbocycles. The lowest BCUT2D eigenvalue weighted by Crippen LogP contribution is -2.37. The van der Waals surface area contributed by atoms with Gasteiger partial charge in [-0.15, -0.1) is 24.0 Å². The average molecular weight is 463 g/mol. The minimum Gasteiger partial charge on any atom is -0.359 e. The maximum absolute atomic E-state index is 5.98. The number of hydrogen-bond donors (Lipinski definition) is 2. The molecule has 0 bridgehead atoms. The van der Waals surface area contributed by atoms with Gasteiger partial charge >= 0.3 is 0 Å². The summed E-state index contributed by atoms with van der Waals surface area (Å²) in [5, 5.41) is 11.3. The topological polar surface area (TPSA) is 62.5 Å². The van der Waals surface area contributed by atoms with Crippen LogP contribution in [0, 0.1) is 0 Å². The summed E-state index contributed by atoms with van der Waals surface area (Å²) in [6, 6.07) is 9.84. The number of aliphatic imine (C=N–C) groups is 1. The molecule has 0 spiro atoms. The van der Waals surface area contributed by atoms with Gasteiger partial charge in [0.1, 0.15) is 0 Å². The summed E-state index contributed by atoms with van der Waals surface area (Å²) in [6.45, 7) is 5.50. The van der Waals surface area contributed by atoms with Crippen LogP contribution in [0.5, 0.6) is 0 Å². The molecule has 0 atom stereocenters. The molecule has 1 heterocycles. The van der Waals surface area contributed by atoms with Crippen molar-refractivity contribution < 1.29 is 4.52 Å². The number of nitrogens with zero attached hydrogens (tertiary/aromatic N) is 2. The third-order valence-electron chi connectivity index (χ3n) is 3.42. The van der Waals surface area contributed by atoms with E-state index in [-0.39, 0.29) is 24.0 Å². The lowest BCUT2D eigenvalue weighted by atomic mass is 10.1. The average Bonchev–Trinajstić information content (AvgIpc) is 3.00. The van der Waals surface area contributed by atoms with Crippen LogP contribution in [0.4, 0.5) is 0 Å². The molecule has 0 saturated heterocycles. The quantitative estimate of drug-likeness (QED) is 0.387. The third kappa shape index (κ3) is 6.68. The van der Waals surface area contributed by atoms with Crippen molar-refractivity contribution in [3.8, 4) is 0 Å². The van der Waals surface area contributed by atoms with Crippen molar-refractivity contribution in [3.63, 3.8) is 0 Å². The van der Waals surface area contributed by atoms with E-state index >= 15 is 0 Å². The number of benzene rings is 1. The van der Waals surface area contributed by atoms with Crippen molar-refractivity contribution in [1.82, 2.24) is 15.8 Å². The largest absolute Gasteiger partial charge is 0.359 e. The molecule has 0 aliphatic heterocycles. The Labute approximate surface area is 165 Å². The van der Waals surface area contributed by atoms with Crippen molar-refractivity contribution in [2.24, 2.45) is 4.99 Å². The van der Waals surface area contributed by atoms with Crippen LogP contribution < -0.4 is 10.6 Å². The molecule has 0 fully saturated rings. The van der Waals surface area contributed by atoms with E-state index in [1.807, 2.05) is 24.3 Å². The maximum atomic E-state index is 5.98. The van der Waals surface area contributed by atoms with E-state index < -0.39 is 0 Å². The van der Waals surface area contributed by atoms with E-state index in [9.17, 15) is 0 Å². The van der Waals surface area contributed by atoms with Crippen LogP contribution in [-0.4, -0.2) is 24.7 Å². The van der Waals surface area contributed by atoms with E-state index in [1.165, 1.54) is 5.56 Å². The van der Waals surface area contributed by atoms with Gasteiger partial charge in [-0.1, -0.05) is 42.7 Å². The van der Waals surface area contributed by atoms with Crippen molar-refractivity contribution in [2.75, 3.05) is 13.6 Å². The third-order valence-corrected chi connectivity index (χ3v) is 3.65. The Hall–Kier alpha value is -1.28. The summed E-state index contributed by atoms with van der Waals surface area (Å²) in [4.78, 5) is 4.20. The number of nitrogens with one attached hydrogen (secondary N) is 2. The SMILES string of the molecule is CN=C(NCCc1cccc(Cl)c1)NCc1cc(C(C)C)no1.I. The summed E-state index contributed by atoms with van der Waals surface area (Å²) in [5.41, 5.74) is 2.16. The highest BCUT2D eigenvalue weighted by Gasteiger charge is 2.08. The first kappa shape index (κ1) is 20.8. The van der Waals surface area contributed by atoms with Crippen LogP contribution >= 0.6 is 35.6 Å². The Bertz CT molecular complexity index is 658. The zero-order valence-corrected chi connectivity index (χ0v) is 17.3.